The fraction of sp³-hybridized carbons (Fsp3) is 0.294. The van der Waals surface area contributed by atoms with Crippen molar-refractivity contribution in [1.82, 2.24) is 0 Å². The Bertz CT molecular complexity index is 1380. The van der Waals surface area contributed by atoms with Gasteiger partial charge in [-0.05, 0) is 93.5 Å². The molecule has 184 valence electrons. The second-order valence-electron chi connectivity index (χ2n) is 11.8. The Morgan fingerprint density at radius 2 is 1.17 bits per heavy atom. The van der Waals surface area contributed by atoms with Crippen LogP contribution in [0.15, 0.2) is 91.0 Å². The number of rotatable bonds is 4. The number of nitrogens with zero attached hydrogens (tertiary/aromatic N) is 1. The topological polar surface area (TPSA) is 3.24 Å². The first-order valence-electron chi connectivity index (χ1n) is 12.8. The van der Waals surface area contributed by atoms with Crippen LogP contribution in [0.5, 0.6) is 0 Å². The van der Waals surface area contributed by atoms with Crippen molar-refractivity contribution in [1.29, 1.82) is 0 Å². The van der Waals surface area contributed by atoms with E-state index in [1.54, 1.807) is 6.07 Å². The summed E-state index contributed by atoms with van der Waals surface area (Å²) in [5.74, 6) is -0.0944. The molecule has 5 rings (SSSR count). The van der Waals surface area contributed by atoms with E-state index in [-0.39, 0.29) is 22.1 Å². The number of para-hydroxylation sites is 2. The third kappa shape index (κ3) is 3.50. The molecule has 0 radical (unpaired) electrons. The second-order valence-corrected chi connectivity index (χ2v) is 11.8. The van der Waals surface area contributed by atoms with Crippen molar-refractivity contribution in [2.45, 2.75) is 59.3 Å². The summed E-state index contributed by atoms with van der Waals surface area (Å²) >= 11 is 0. The van der Waals surface area contributed by atoms with E-state index in [2.05, 4.69) is 126 Å². The summed E-state index contributed by atoms with van der Waals surface area (Å²) in [4.78, 5) is 2.27. The van der Waals surface area contributed by atoms with Crippen molar-refractivity contribution in [2.24, 2.45) is 5.41 Å². The summed E-state index contributed by atoms with van der Waals surface area (Å²) in [6.07, 6.45) is 0. The highest BCUT2D eigenvalue weighted by Crippen LogP contribution is 2.62. The normalized spacial score (nSPS) is 17.0. The Balaban J connectivity index is 1.62. The van der Waals surface area contributed by atoms with E-state index in [4.69, 9.17) is 0 Å². The molecule has 0 bridgehead atoms. The summed E-state index contributed by atoms with van der Waals surface area (Å²) < 4.78 is 15.8. The number of halogens is 1. The van der Waals surface area contributed by atoms with Gasteiger partial charge >= 0.3 is 0 Å². The van der Waals surface area contributed by atoms with Crippen LogP contribution in [0.1, 0.15) is 58.2 Å². The van der Waals surface area contributed by atoms with Crippen molar-refractivity contribution in [2.75, 3.05) is 4.90 Å². The first kappa shape index (κ1) is 24.3. The highest BCUT2D eigenvalue weighted by Gasteiger charge is 2.58. The van der Waals surface area contributed by atoms with Gasteiger partial charge < -0.3 is 4.90 Å². The summed E-state index contributed by atoms with van der Waals surface area (Å²) in [5, 5.41) is 0. The van der Waals surface area contributed by atoms with E-state index in [0.717, 1.165) is 44.9 Å². The summed E-state index contributed by atoms with van der Waals surface area (Å²) in [6.45, 7) is 15.6. The van der Waals surface area contributed by atoms with Crippen molar-refractivity contribution in [3.8, 4) is 11.1 Å². The van der Waals surface area contributed by atoms with E-state index in [9.17, 15) is 0 Å². The smallest absolute Gasteiger partial charge is 0.127 e. The zero-order valence-electron chi connectivity index (χ0n) is 22.5. The van der Waals surface area contributed by atoms with Crippen molar-refractivity contribution in [3.63, 3.8) is 0 Å². The highest BCUT2D eigenvalue weighted by atomic mass is 19.1. The lowest BCUT2D eigenvalue weighted by Gasteiger charge is -2.44. The van der Waals surface area contributed by atoms with Gasteiger partial charge in [-0.15, -0.1) is 0 Å². The fourth-order valence-electron chi connectivity index (χ4n) is 6.00. The van der Waals surface area contributed by atoms with Crippen LogP contribution in [-0.2, 0) is 10.8 Å². The molecule has 0 spiro atoms. The van der Waals surface area contributed by atoms with Gasteiger partial charge in [0.25, 0.3) is 0 Å². The molecule has 0 aliphatic heterocycles. The minimum Gasteiger partial charge on any atom is -0.310 e. The number of aryl methyl sites for hydroxylation is 1. The van der Waals surface area contributed by atoms with Crippen LogP contribution in [0.2, 0.25) is 0 Å². The Hall–Kier alpha value is -3.39. The van der Waals surface area contributed by atoms with E-state index in [1.165, 1.54) is 0 Å². The highest BCUT2D eigenvalue weighted by molar-refractivity contribution is 5.80. The number of hydrogen-bond donors (Lipinski definition) is 0. The Morgan fingerprint density at radius 3 is 1.69 bits per heavy atom. The van der Waals surface area contributed by atoms with Crippen molar-refractivity contribution in [3.05, 3.63) is 114 Å². The molecular formula is C34H36FN. The average Bonchev–Trinajstić information content (AvgIpc) is 2.95. The predicted octanol–water partition coefficient (Wildman–Crippen LogP) is 9.87. The van der Waals surface area contributed by atoms with Gasteiger partial charge in [-0.1, -0.05) is 90.1 Å². The van der Waals surface area contributed by atoms with Crippen LogP contribution in [0.3, 0.4) is 0 Å². The maximum Gasteiger partial charge on any atom is 0.127 e. The van der Waals surface area contributed by atoms with Gasteiger partial charge in [0.1, 0.15) is 5.82 Å². The summed E-state index contributed by atoms with van der Waals surface area (Å²) in [7, 11) is 0. The maximum absolute atomic E-state index is 15.8. The van der Waals surface area contributed by atoms with E-state index < -0.39 is 0 Å². The molecule has 36 heavy (non-hydrogen) atoms. The molecule has 0 heterocycles. The third-order valence-corrected chi connectivity index (χ3v) is 9.31. The van der Waals surface area contributed by atoms with E-state index in [1.807, 2.05) is 12.1 Å². The van der Waals surface area contributed by atoms with Crippen LogP contribution in [-0.4, -0.2) is 0 Å². The molecule has 0 atom stereocenters. The SMILES string of the molecule is Cc1cc(-c2cc(F)c3c(c2)C(C)(C)C(C)(C)C3(C)C)ccc1N(c1ccccc1)c1ccccc1. The molecule has 1 aliphatic carbocycles. The zero-order chi connectivity index (χ0) is 25.9. The van der Waals surface area contributed by atoms with Gasteiger partial charge in [0.2, 0.25) is 0 Å². The molecule has 0 unspecified atom stereocenters. The van der Waals surface area contributed by atoms with Gasteiger partial charge in [-0.3, -0.25) is 0 Å². The third-order valence-electron chi connectivity index (χ3n) is 9.31. The van der Waals surface area contributed by atoms with Crippen LogP contribution in [0, 0.1) is 18.2 Å². The molecule has 1 nitrogen and oxygen atoms in total. The standard InChI is InChI=1S/C34H36FN/c1-23-20-24(25-21-28-31(29(35)22-25)33(4,5)34(6,7)32(28,2)3)18-19-30(23)36(26-14-10-8-11-15-26)27-16-12-9-13-17-27/h8-22H,1-7H3. The monoisotopic (exact) mass is 477 g/mol. The largest absolute Gasteiger partial charge is 0.310 e. The molecule has 4 aromatic carbocycles. The lowest BCUT2D eigenvalue weighted by molar-refractivity contribution is 0.123. The fourth-order valence-corrected chi connectivity index (χ4v) is 6.00. The Labute approximate surface area is 215 Å². The lowest BCUT2D eigenvalue weighted by Crippen LogP contribution is -2.42. The number of benzene rings is 4. The molecule has 2 heteroatoms. The van der Waals surface area contributed by atoms with Crippen molar-refractivity contribution < 1.29 is 4.39 Å². The minimum atomic E-state index is -0.250. The molecule has 1 aliphatic rings. The molecule has 4 aromatic rings. The number of fused-ring (bicyclic) bond motifs is 1. The van der Waals surface area contributed by atoms with E-state index in [0.29, 0.717) is 0 Å². The zero-order valence-corrected chi connectivity index (χ0v) is 22.5. The average molecular weight is 478 g/mol. The number of anilines is 3. The van der Waals surface area contributed by atoms with Crippen LogP contribution < -0.4 is 4.90 Å². The summed E-state index contributed by atoms with van der Waals surface area (Å²) in [6, 6.07) is 31.3. The molecular weight excluding hydrogens is 441 g/mol. The first-order valence-corrected chi connectivity index (χ1v) is 12.8. The maximum atomic E-state index is 15.8. The summed E-state index contributed by atoms with van der Waals surface area (Å²) in [5.41, 5.74) is 7.97. The predicted molar refractivity (Wildman–Crippen MR) is 151 cm³/mol. The molecule has 0 aromatic heterocycles. The number of hydrogen-bond acceptors (Lipinski definition) is 1. The molecule has 0 N–H and O–H groups in total. The molecule has 0 saturated carbocycles. The first-order chi connectivity index (χ1) is 17.0. The Morgan fingerprint density at radius 1 is 0.611 bits per heavy atom. The molecule has 0 saturated heterocycles. The van der Waals surface area contributed by atoms with Gasteiger partial charge in [0, 0.05) is 17.1 Å². The van der Waals surface area contributed by atoms with Gasteiger partial charge in [0.15, 0.2) is 0 Å². The molecule has 0 fully saturated rings. The lowest BCUT2D eigenvalue weighted by atomic mass is 9.59. The quantitative estimate of drug-likeness (QED) is 0.283. The Kier molecular flexibility index (Phi) is 5.63. The minimum absolute atomic E-state index is 0.0760. The van der Waals surface area contributed by atoms with Gasteiger partial charge in [0.05, 0.1) is 0 Å². The van der Waals surface area contributed by atoms with Gasteiger partial charge in [-0.25, -0.2) is 4.39 Å². The molecule has 0 amide bonds. The second kappa shape index (κ2) is 8.34. The van der Waals surface area contributed by atoms with Gasteiger partial charge in [-0.2, -0.15) is 0 Å². The van der Waals surface area contributed by atoms with Crippen LogP contribution in [0.25, 0.3) is 11.1 Å². The van der Waals surface area contributed by atoms with Crippen LogP contribution in [0.4, 0.5) is 21.5 Å². The van der Waals surface area contributed by atoms with E-state index >= 15 is 4.39 Å². The van der Waals surface area contributed by atoms with Crippen LogP contribution >= 0.6 is 0 Å². The van der Waals surface area contributed by atoms with Crippen molar-refractivity contribution >= 4 is 17.1 Å².